The number of imidazole rings is 1. The van der Waals surface area contributed by atoms with Crippen LogP contribution in [0.5, 0.6) is 11.8 Å². The molecule has 1 aromatic carbocycles. The fourth-order valence-electron chi connectivity index (χ4n) is 2.45. The largest absolute Gasteiger partial charge is 0.490 e. The Kier molecular flexibility index (Phi) is 4.67. The summed E-state index contributed by atoms with van der Waals surface area (Å²) in [5.41, 5.74) is -0.234. The molecule has 0 aliphatic carbocycles. The highest BCUT2D eigenvalue weighted by Crippen LogP contribution is 2.17. The number of hydrogen-bond acceptors (Lipinski definition) is 5. The van der Waals surface area contributed by atoms with E-state index in [2.05, 4.69) is 20.9 Å². The standard InChI is InChI=1S/C16H17BrN4O4/c1-19-12-13(20(2)16(23)21(3)14(12)22)18-15(19)25-9-8-24-11-6-4-10(17)5-7-11/h4-7H,8-9H2,1-3H3. The van der Waals surface area contributed by atoms with Crippen molar-refractivity contribution in [1.82, 2.24) is 18.7 Å². The number of benzene rings is 1. The third-order valence-corrected chi connectivity index (χ3v) is 4.36. The molecule has 0 spiro atoms. The van der Waals surface area contributed by atoms with Crippen molar-refractivity contribution in [3.05, 3.63) is 49.6 Å². The summed E-state index contributed by atoms with van der Waals surface area (Å²) in [5.74, 6) is 0.730. The summed E-state index contributed by atoms with van der Waals surface area (Å²) in [6.45, 7) is 0.573. The predicted octanol–water partition coefficient (Wildman–Crippen LogP) is 1.19. The molecule has 2 heterocycles. The van der Waals surface area contributed by atoms with Gasteiger partial charge in [-0.05, 0) is 24.3 Å². The van der Waals surface area contributed by atoms with Crippen LogP contribution in [0, 0.1) is 0 Å². The molecule has 3 aromatic rings. The van der Waals surface area contributed by atoms with E-state index in [0.29, 0.717) is 17.8 Å². The second-order valence-corrected chi connectivity index (χ2v) is 6.40. The van der Waals surface area contributed by atoms with Crippen molar-refractivity contribution in [2.45, 2.75) is 0 Å². The molecule has 0 unspecified atom stereocenters. The molecule has 0 saturated carbocycles. The van der Waals surface area contributed by atoms with Crippen LogP contribution in [-0.4, -0.2) is 31.9 Å². The summed E-state index contributed by atoms with van der Waals surface area (Å²) < 4.78 is 16.1. The van der Waals surface area contributed by atoms with Gasteiger partial charge in [-0.3, -0.25) is 18.5 Å². The van der Waals surface area contributed by atoms with Crippen LogP contribution < -0.4 is 20.7 Å². The summed E-state index contributed by atoms with van der Waals surface area (Å²) in [6, 6.07) is 7.72. The predicted molar refractivity (Wildman–Crippen MR) is 96.3 cm³/mol. The monoisotopic (exact) mass is 408 g/mol. The third kappa shape index (κ3) is 3.19. The molecular weight excluding hydrogens is 392 g/mol. The first-order valence-electron chi connectivity index (χ1n) is 7.53. The molecule has 0 bridgehead atoms. The van der Waals surface area contributed by atoms with E-state index in [4.69, 9.17) is 9.47 Å². The first-order chi connectivity index (χ1) is 11.9. The normalized spacial score (nSPS) is 11.0. The maximum Gasteiger partial charge on any atom is 0.332 e. The number of ether oxygens (including phenoxy) is 2. The highest BCUT2D eigenvalue weighted by Gasteiger charge is 2.17. The molecule has 0 radical (unpaired) electrons. The summed E-state index contributed by atoms with van der Waals surface area (Å²) in [6.07, 6.45) is 0. The summed E-state index contributed by atoms with van der Waals surface area (Å²) in [7, 11) is 4.67. The number of aryl methyl sites for hydroxylation is 2. The Bertz CT molecular complexity index is 1030. The molecule has 0 aliphatic rings. The molecule has 0 atom stereocenters. The zero-order valence-corrected chi connectivity index (χ0v) is 15.6. The maximum atomic E-state index is 12.3. The molecule has 0 N–H and O–H groups in total. The molecule has 8 nitrogen and oxygen atoms in total. The van der Waals surface area contributed by atoms with E-state index in [0.717, 1.165) is 14.8 Å². The first kappa shape index (κ1) is 17.3. The Morgan fingerprint density at radius 2 is 1.60 bits per heavy atom. The fraction of sp³-hybridized carbons (Fsp3) is 0.312. The van der Waals surface area contributed by atoms with Crippen molar-refractivity contribution in [1.29, 1.82) is 0 Å². The van der Waals surface area contributed by atoms with Gasteiger partial charge in [-0.25, -0.2) is 4.79 Å². The van der Waals surface area contributed by atoms with Gasteiger partial charge in [-0.2, -0.15) is 4.98 Å². The lowest BCUT2D eigenvalue weighted by Gasteiger charge is -2.08. The lowest BCUT2D eigenvalue weighted by molar-refractivity contribution is 0.203. The Morgan fingerprint density at radius 3 is 2.28 bits per heavy atom. The van der Waals surface area contributed by atoms with Gasteiger partial charge in [0.15, 0.2) is 11.2 Å². The van der Waals surface area contributed by atoms with Gasteiger partial charge in [0.25, 0.3) is 11.6 Å². The topological polar surface area (TPSA) is 80.3 Å². The second kappa shape index (κ2) is 6.75. The zero-order valence-electron chi connectivity index (χ0n) is 14.0. The Labute approximate surface area is 151 Å². The minimum absolute atomic E-state index is 0.251. The van der Waals surface area contributed by atoms with Gasteiger partial charge in [0.1, 0.15) is 19.0 Å². The van der Waals surface area contributed by atoms with Crippen molar-refractivity contribution in [2.24, 2.45) is 21.1 Å². The van der Waals surface area contributed by atoms with Gasteiger partial charge < -0.3 is 9.47 Å². The molecule has 132 valence electrons. The van der Waals surface area contributed by atoms with Crippen LogP contribution in [0.1, 0.15) is 0 Å². The van der Waals surface area contributed by atoms with Crippen molar-refractivity contribution in [3.8, 4) is 11.8 Å². The summed E-state index contributed by atoms with van der Waals surface area (Å²) in [5, 5.41) is 0. The number of nitrogens with zero attached hydrogens (tertiary/aromatic N) is 4. The number of halogens is 1. The van der Waals surface area contributed by atoms with Gasteiger partial charge in [-0.15, -0.1) is 0 Å². The number of hydrogen-bond donors (Lipinski definition) is 0. The SMILES string of the molecule is Cn1c(=O)c2c(nc(OCCOc3ccc(Br)cc3)n2C)n(C)c1=O. The zero-order chi connectivity index (χ0) is 18.1. The second-order valence-electron chi connectivity index (χ2n) is 5.48. The van der Waals surface area contributed by atoms with E-state index in [9.17, 15) is 9.59 Å². The van der Waals surface area contributed by atoms with E-state index >= 15 is 0 Å². The number of aromatic nitrogens is 4. The van der Waals surface area contributed by atoms with E-state index in [-0.39, 0.29) is 12.6 Å². The number of rotatable bonds is 5. The van der Waals surface area contributed by atoms with Gasteiger partial charge >= 0.3 is 5.69 Å². The van der Waals surface area contributed by atoms with Crippen molar-refractivity contribution >= 4 is 27.1 Å². The number of fused-ring (bicyclic) bond motifs is 1. The molecule has 0 fully saturated rings. The lowest BCUT2D eigenvalue weighted by atomic mass is 10.3. The van der Waals surface area contributed by atoms with Crippen LogP contribution in [0.15, 0.2) is 38.3 Å². The van der Waals surface area contributed by atoms with E-state index < -0.39 is 11.2 Å². The van der Waals surface area contributed by atoms with Crippen LogP contribution in [0.25, 0.3) is 11.2 Å². The minimum atomic E-state index is -0.430. The minimum Gasteiger partial charge on any atom is -0.490 e. The Balaban J connectivity index is 1.76. The van der Waals surface area contributed by atoms with Crippen LogP contribution in [0.3, 0.4) is 0 Å². The van der Waals surface area contributed by atoms with Crippen LogP contribution in [0.2, 0.25) is 0 Å². The quantitative estimate of drug-likeness (QED) is 0.592. The summed E-state index contributed by atoms with van der Waals surface area (Å²) in [4.78, 5) is 28.5. The molecule has 0 saturated heterocycles. The fourth-order valence-corrected chi connectivity index (χ4v) is 2.72. The average Bonchev–Trinajstić information content (AvgIpc) is 2.93. The highest BCUT2D eigenvalue weighted by atomic mass is 79.9. The third-order valence-electron chi connectivity index (χ3n) is 3.83. The maximum absolute atomic E-state index is 12.3. The Morgan fingerprint density at radius 1 is 0.960 bits per heavy atom. The van der Waals surface area contributed by atoms with Crippen LogP contribution in [0.4, 0.5) is 0 Å². The van der Waals surface area contributed by atoms with E-state index in [1.807, 2.05) is 24.3 Å². The average molecular weight is 409 g/mol. The van der Waals surface area contributed by atoms with Crippen LogP contribution in [-0.2, 0) is 21.1 Å². The molecule has 25 heavy (non-hydrogen) atoms. The van der Waals surface area contributed by atoms with Gasteiger partial charge in [0.2, 0.25) is 0 Å². The highest BCUT2D eigenvalue weighted by molar-refractivity contribution is 9.10. The molecule has 3 rings (SSSR count). The molecule has 0 amide bonds. The molecule has 2 aromatic heterocycles. The van der Waals surface area contributed by atoms with Crippen molar-refractivity contribution in [2.75, 3.05) is 13.2 Å². The molecule has 0 aliphatic heterocycles. The molecular formula is C16H17BrN4O4. The Hall–Kier alpha value is -2.55. The van der Waals surface area contributed by atoms with E-state index in [1.54, 1.807) is 14.1 Å². The first-order valence-corrected chi connectivity index (χ1v) is 8.33. The van der Waals surface area contributed by atoms with E-state index in [1.165, 1.54) is 16.2 Å². The summed E-state index contributed by atoms with van der Waals surface area (Å²) >= 11 is 3.36. The van der Waals surface area contributed by atoms with Crippen molar-refractivity contribution < 1.29 is 9.47 Å². The van der Waals surface area contributed by atoms with Crippen LogP contribution >= 0.6 is 15.9 Å². The smallest absolute Gasteiger partial charge is 0.332 e. The van der Waals surface area contributed by atoms with Gasteiger partial charge in [-0.1, -0.05) is 15.9 Å². The van der Waals surface area contributed by atoms with Crippen molar-refractivity contribution in [3.63, 3.8) is 0 Å². The lowest BCUT2D eigenvalue weighted by Crippen LogP contribution is -2.37. The van der Waals surface area contributed by atoms with Gasteiger partial charge in [0, 0.05) is 25.6 Å². The van der Waals surface area contributed by atoms with Gasteiger partial charge in [0.05, 0.1) is 0 Å². The molecule has 9 heteroatoms.